The van der Waals surface area contributed by atoms with Gasteiger partial charge in [-0.05, 0) is 59.2 Å². The summed E-state index contributed by atoms with van der Waals surface area (Å²) < 4.78 is 6.12. The predicted octanol–water partition coefficient (Wildman–Crippen LogP) is 3.91. The summed E-state index contributed by atoms with van der Waals surface area (Å²) in [5.74, 6) is 1.45. The highest BCUT2D eigenvalue weighted by Crippen LogP contribution is 2.47. The van der Waals surface area contributed by atoms with E-state index in [4.69, 9.17) is 4.74 Å². The Bertz CT molecular complexity index is 427. The Morgan fingerprint density at radius 3 is 2.75 bits per heavy atom. The Kier molecular flexibility index (Phi) is 3.15. The third-order valence-electron chi connectivity index (χ3n) is 3.52. The lowest BCUT2D eigenvalue weighted by Gasteiger charge is -2.27. The van der Waals surface area contributed by atoms with Crippen LogP contribution in [0.15, 0.2) is 4.47 Å². The lowest BCUT2D eigenvalue weighted by Crippen LogP contribution is -2.11. The molecule has 0 spiro atoms. The Morgan fingerprint density at radius 2 is 2.12 bits per heavy atom. The Hall–Kier alpha value is -0.700. The molecule has 1 aliphatic carbocycles. The third-order valence-corrected chi connectivity index (χ3v) is 4.49. The fourth-order valence-electron chi connectivity index (χ4n) is 2.75. The second-order valence-corrected chi connectivity index (χ2v) is 5.30. The van der Waals surface area contributed by atoms with E-state index >= 15 is 0 Å². The van der Waals surface area contributed by atoms with Crippen LogP contribution >= 0.6 is 15.9 Å². The summed E-state index contributed by atoms with van der Waals surface area (Å²) in [5.41, 5.74) is 3.70. The molecule has 1 atom stereocenters. The summed E-state index contributed by atoms with van der Waals surface area (Å²) >= 11 is 3.45. The van der Waals surface area contributed by atoms with Crippen molar-refractivity contribution in [2.75, 3.05) is 7.11 Å². The molecule has 0 aromatic heterocycles. The van der Waals surface area contributed by atoms with Gasteiger partial charge in [-0.3, -0.25) is 0 Å². The van der Waals surface area contributed by atoms with Crippen LogP contribution < -0.4 is 4.74 Å². The highest BCUT2D eigenvalue weighted by atomic mass is 79.9. The van der Waals surface area contributed by atoms with E-state index in [-0.39, 0.29) is 5.75 Å². The smallest absolute Gasteiger partial charge is 0.172 e. The van der Waals surface area contributed by atoms with E-state index in [0.717, 1.165) is 16.5 Å². The molecule has 0 radical (unpaired) electrons. The van der Waals surface area contributed by atoms with Crippen molar-refractivity contribution in [2.45, 2.75) is 39.0 Å². The quantitative estimate of drug-likeness (QED) is 0.847. The zero-order chi connectivity index (χ0) is 11.9. The fraction of sp³-hybridized carbons (Fsp3) is 0.538. The molecule has 0 fully saturated rings. The number of phenols is 1. The van der Waals surface area contributed by atoms with Crippen LogP contribution in [0.1, 0.15) is 42.4 Å². The summed E-state index contributed by atoms with van der Waals surface area (Å²) in [6.45, 7) is 4.30. The van der Waals surface area contributed by atoms with Crippen molar-refractivity contribution in [1.29, 1.82) is 0 Å². The number of halogens is 1. The van der Waals surface area contributed by atoms with Crippen molar-refractivity contribution < 1.29 is 9.84 Å². The van der Waals surface area contributed by atoms with Gasteiger partial charge in [0.15, 0.2) is 11.5 Å². The second-order valence-electron chi connectivity index (χ2n) is 4.51. The Labute approximate surface area is 105 Å². The summed E-state index contributed by atoms with van der Waals surface area (Å²) in [5, 5.41) is 10.0. The number of rotatable bonds is 1. The molecule has 1 aromatic carbocycles. The lowest BCUT2D eigenvalue weighted by molar-refractivity contribution is 0.363. The minimum Gasteiger partial charge on any atom is -0.503 e. The largest absolute Gasteiger partial charge is 0.503 e. The van der Waals surface area contributed by atoms with E-state index < -0.39 is 0 Å². The molecule has 88 valence electrons. The highest BCUT2D eigenvalue weighted by Gasteiger charge is 2.26. The molecule has 0 saturated heterocycles. The average Bonchev–Trinajstić information content (AvgIpc) is 2.27. The van der Waals surface area contributed by atoms with Crippen molar-refractivity contribution in [3.63, 3.8) is 0 Å². The normalized spacial score (nSPS) is 19.4. The molecule has 0 aliphatic heterocycles. The zero-order valence-corrected chi connectivity index (χ0v) is 11.5. The SMILES string of the molecule is COc1c(O)c(Br)c(C)c2c1CCCC2C. The van der Waals surface area contributed by atoms with Crippen LogP contribution in [0, 0.1) is 6.92 Å². The van der Waals surface area contributed by atoms with E-state index in [1.54, 1.807) is 7.11 Å². The summed E-state index contributed by atoms with van der Waals surface area (Å²) in [6, 6.07) is 0. The number of phenolic OH excluding ortho intramolecular Hbond substituents is 1. The number of ether oxygens (including phenoxy) is 1. The lowest BCUT2D eigenvalue weighted by atomic mass is 9.81. The number of hydrogen-bond acceptors (Lipinski definition) is 2. The first-order chi connectivity index (χ1) is 7.57. The molecule has 1 unspecified atom stereocenters. The Morgan fingerprint density at radius 1 is 1.44 bits per heavy atom. The van der Waals surface area contributed by atoms with Gasteiger partial charge < -0.3 is 9.84 Å². The monoisotopic (exact) mass is 284 g/mol. The van der Waals surface area contributed by atoms with Crippen LogP contribution in [0.5, 0.6) is 11.5 Å². The number of aromatic hydroxyl groups is 1. The van der Waals surface area contributed by atoms with Gasteiger partial charge in [0.25, 0.3) is 0 Å². The molecule has 2 nitrogen and oxygen atoms in total. The maximum absolute atomic E-state index is 10.0. The maximum atomic E-state index is 10.0. The van der Waals surface area contributed by atoms with Gasteiger partial charge >= 0.3 is 0 Å². The van der Waals surface area contributed by atoms with Crippen LogP contribution in [0.25, 0.3) is 0 Å². The molecule has 1 aliphatic rings. The first-order valence-electron chi connectivity index (χ1n) is 5.65. The van der Waals surface area contributed by atoms with E-state index in [1.165, 1.54) is 24.0 Å². The molecule has 0 bridgehead atoms. The number of hydrogen-bond donors (Lipinski definition) is 1. The zero-order valence-electron chi connectivity index (χ0n) is 9.93. The summed E-state index contributed by atoms with van der Waals surface area (Å²) in [7, 11) is 1.62. The molecular formula is C13H17BrO2. The van der Waals surface area contributed by atoms with Crippen molar-refractivity contribution >= 4 is 15.9 Å². The predicted molar refractivity (Wildman–Crippen MR) is 68.4 cm³/mol. The molecule has 0 saturated carbocycles. The van der Waals surface area contributed by atoms with Crippen LogP contribution in [0.3, 0.4) is 0 Å². The van der Waals surface area contributed by atoms with Crippen LogP contribution in [0.4, 0.5) is 0 Å². The van der Waals surface area contributed by atoms with E-state index in [9.17, 15) is 5.11 Å². The van der Waals surface area contributed by atoms with Gasteiger partial charge in [-0.25, -0.2) is 0 Å². The standard InChI is InChI=1S/C13H17BrO2/c1-7-5-4-6-9-10(7)8(2)11(14)12(15)13(9)16-3/h7,15H,4-6H2,1-3H3. The first-order valence-corrected chi connectivity index (χ1v) is 6.45. The van der Waals surface area contributed by atoms with Gasteiger partial charge in [-0.1, -0.05) is 6.92 Å². The van der Waals surface area contributed by atoms with Crippen LogP contribution in [0.2, 0.25) is 0 Å². The first kappa shape index (κ1) is 11.8. The van der Waals surface area contributed by atoms with Gasteiger partial charge in [0, 0.05) is 5.56 Å². The fourth-order valence-corrected chi connectivity index (χ4v) is 3.15. The van der Waals surface area contributed by atoms with Gasteiger partial charge in [0.05, 0.1) is 11.6 Å². The van der Waals surface area contributed by atoms with Crippen molar-refractivity contribution in [2.24, 2.45) is 0 Å². The van der Waals surface area contributed by atoms with Gasteiger partial charge in [-0.2, -0.15) is 0 Å². The minimum absolute atomic E-state index is 0.243. The van der Waals surface area contributed by atoms with Crippen molar-refractivity contribution in [1.82, 2.24) is 0 Å². The molecule has 3 heteroatoms. The second kappa shape index (κ2) is 4.28. The van der Waals surface area contributed by atoms with Gasteiger partial charge in [-0.15, -0.1) is 0 Å². The molecule has 0 heterocycles. The summed E-state index contributed by atoms with van der Waals surface area (Å²) in [4.78, 5) is 0. The molecule has 16 heavy (non-hydrogen) atoms. The topological polar surface area (TPSA) is 29.5 Å². The molecule has 2 rings (SSSR count). The van der Waals surface area contributed by atoms with E-state index in [2.05, 4.69) is 29.8 Å². The van der Waals surface area contributed by atoms with Crippen molar-refractivity contribution in [3.05, 3.63) is 21.2 Å². The molecule has 1 N–H and O–H groups in total. The van der Waals surface area contributed by atoms with Crippen LogP contribution in [-0.2, 0) is 6.42 Å². The Balaban J connectivity index is 2.74. The minimum atomic E-state index is 0.243. The number of methoxy groups -OCH3 is 1. The van der Waals surface area contributed by atoms with E-state index in [0.29, 0.717) is 11.7 Å². The average molecular weight is 285 g/mol. The maximum Gasteiger partial charge on any atom is 0.172 e. The summed E-state index contributed by atoms with van der Waals surface area (Å²) in [6.07, 6.45) is 3.39. The molecular weight excluding hydrogens is 268 g/mol. The van der Waals surface area contributed by atoms with Crippen molar-refractivity contribution in [3.8, 4) is 11.5 Å². The number of fused-ring (bicyclic) bond motifs is 1. The highest BCUT2D eigenvalue weighted by molar-refractivity contribution is 9.10. The number of benzene rings is 1. The van der Waals surface area contributed by atoms with Gasteiger partial charge in [0.1, 0.15) is 0 Å². The van der Waals surface area contributed by atoms with Crippen LogP contribution in [-0.4, -0.2) is 12.2 Å². The van der Waals surface area contributed by atoms with Gasteiger partial charge in [0.2, 0.25) is 0 Å². The van der Waals surface area contributed by atoms with E-state index in [1.807, 2.05) is 0 Å². The molecule has 1 aromatic rings. The third kappa shape index (κ3) is 1.61. The molecule has 0 amide bonds.